The van der Waals surface area contributed by atoms with E-state index in [9.17, 15) is 18.0 Å². The number of fused-ring (bicyclic) bond motifs is 1. The molecule has 2 N–H and O–H groups in total. The van der Waals surface area contributed by atoms with Gasteiger partial charge in [-0.2, -0.15) is 0 Å². The van der Waals surface area contributed by atoms with Gasteiger partial charge >= 0.3 is 5.97 Å². The van der Waals surface area contributed by atoms with Gasteiger partial charge in [-0.1, -0.05) is 6.92 Å². The summed E-state index contributed by atoms with van der Waals surface area (Å²) in [4.78, 5) is 24.3. The lowest BCUT2D eigenvalue weighted by atomic mass is 9.78. The van der Waals surface area contributed by atoms with E-state index in [2.05, 4.69) is 4.72 Å². The molecule has 0 aliphatic carbocycles. The molecule has 7 nitrogen and oxygen atoms in total. The molecule has 19 heavy (non-hydrogen) atoms. The van der Waals surface area contributed by atoms with E-state index >= 15 is 0 Å². The van der Waals surface area contributed by atoms with Crippen LogP contribution in [-0.4, -0.2) is 48.6 Å². The standard InChI is InChI=1S/C11H16N2O5S/c1-5-4-7(11(15)16)13-9(5)8(10(13)14)6(2)12-19(3,17)18/h4-6,8-9,12H,1-3H3,(H,15,16). The number of hydrogen-bond acceptors (Lipinski definition) is 4. The quantitative estimate of drug-likeness (QED) is 0.670. The molecule has 0 aromatic rings. The van der Waals surface area contributed by atoms with Crippen LogP contribution in [0.15, 0.2) is 11.8 Å². The van der Waals surface area contributed by atoms with Crippen LogP contribution in [0.4, 0.5) is 0 Å². The SMILES string of the molecule is CC1C=C(C(=O)O)N2C(=O)C(C(C)NS(C)(=O)=O)C12. The smallest absolute Gasteiger partial charge is 0.352 e. The third-order valence-electron chi connectivity index (χ3n) is 3.57. The molecule has 106 valence electrons. The number of β-lactam (4-membered cyclic amide) rings is 1. The molecule has 2 heterocycles. The van der Waals surface area contributed by atoms with Crippen molar-refractivity contribution in [3.8, 4) is 0 Å². The van der Waals surface area contributed by atoms with Gasteiger partial charge in [-0.15, -0.1) is 0 Å². The van der Waals surface area contributed by atoms with Gasteiger partial charge < -0.3 is 10.0 Å². The van der Waals surface area contributed by atoms with E-state index in [-0.39, 0.29) is 23.6 Å². The van der Waals surface area contributed by atoms with Crippen LogP contribution in [0.1, 0.15) is 13.8 Å². The van der Waals surface area contributed by atoms with Gasteiger partial charge in [0.25, 0.3) is 0 Å². The maximum absolute atomic E-state index is 12.0. The minimum absolute atomic E-state index is 0.00898. The van der Waals surface area contributed by atoms with E-state index in [4.69, 9.17) is 5.11 Å². The normalized spacial score (nSPS) is 31.5. The Balaban J connectivity index is 2.18. The highest BCUT2D eigenvalue weighted by atomic mass is 32.2. The molecule has 1 fully saturated rings. The third-order valence-corrected chi connectivity index (χ3v) is 4.37. The Kier molecular flexibility index (Phi) is 3.18. The molecular weight excluding hydrogens is 272 g/mol. The number of aliphatic carboxylic acids is 1. The molecule has 4 unspecified atom stereocenters. The predicted octanol–water partition coefficient (Wildman–Crippen LogP) is -0.631. The molecule has 4 atom stereocenters. The summed E-state index contributed by atoms with van der Waals surface area (Å²) in [5, 5.41) is 9.01. The van der Waals surface area contributed by atoms with Crippen LogP contribution < -0.4 is 4.72 Å². The lowest BCUT2D eigenvalue weighted by Crippen LogP contribution is -2.66. The Morgan fingerprint density at radius 3 is 2.58 bits per heavy atom. The van der Waals surface area contributed by atoms with Crippen molar-refractivity contribution in [1.82, 2.24) is 9.62 Å². The molecular formula is C11H16N2O5S. The van der Waals surface area contributed by atoms with Gasteiger partial charge in [0.2, 0.25) is 15.9 Å². The van der Waals surface area contributed by atoms with Crippen molar-refractivity contribution < 1.29 is 23.1 Å². The predicted molar refractivity (Wildman–Crippen MR) is 66.4 cm³/mol. The second kappa shape index (κ2) is 4.31. The van der Waals surface area contributed by atoms with Crippen molar-refractivity contribution >= 4 is 21.9 Å². The fourth-order valence-electron chi connectivity index (χ4n) is 2.90. The number of carbonyl (C=O) groups excluding carboxylic acids is 1. The zero-order valence-electron chi connectivity index (χ0n) is 10.8. The first-order chi connectivity index (χ1) is 8.63. The zero-order valence-corrected chi connectivity index (χ0v) is 11.6. The number of amides is 1. The molecule has 8 heteroatoms. The van der Waals surface area contributed by atoms with Gasteiger partial charge in [-0.05, 0) is 18.9 Å². The van der Waals surface area contributed by atoms with E-state index < -0.39 is 28.0 Å². The summed E-state index contributed by atoms with van der Waals surface area (Å²) in [6.07, 6.45) is 2.57. The lowest BCUT2D eigenvalue weighted by Gasteiger charge is -2.47. The van der Waals surface area contributed by atoms with Crippen LogP contribution in [0.5, 0.6) is 0 Å². The number of nitrogens with one attached hydrogen (secondary N) is 1. The highest BCUT2D eigenvalue weighted by Gasteiger charge is 2.57. The Hall–Kier alpha value is -1.41. The molecule has 0 bridgehead atoms. The van der Waals surface area contributed by atoms with Crippen molar-refractivity contribution in [1.29, 1.82) is 0 Å². The summed E-state index contributed by atoms with van der Waals surface area (Å²) in [7, 11) is -3.40. The molecule has 2 aliphatic rings. The van der Waals surface area contributed by atoms with E-state index in [1.165, 1.54) is 11.0 Å². The van der Waals surface area contributed by atoms with E-state index in [0.29, 0.717) is 0 Å². The van der Waals surface area contributed by atoms with Gasteiger partial charge in [0.1, 0.15) is 5.70 Å². The van der Waals surface area contributed by atoms with Crippen molar-refractivity contribution in [2.45, 2.75) is 25.9 Å². The summed E-state index contributed by atoms with van der Waals surface area (Å²) in [5.74, 6) is -2.09. The highest BCUT2D eigenvalue weighted by Crippen LogP contribution is 2.43. The number of sulfonamides is 1. The van der Waals surface area contributed by atoms with Crippen LogP contribution in [0, 0.1) is 11.8 Å². The zero-order chi connectivity index (χ0) is 14.5. The third kappa shape index (κ3) is 2.25. The van der Waals surface area contributed by atoms with Crippen LogP contribution in [0.3, 0.4) is 0 Å². The summed E-state index contributed by atoms with van der Waals surface area (Å²) in [5.41, 5.74) is -0.00898. The second-order valence-electron chi connectivity index (χ2n) is 5.12. The number of rotatable bonds is 4. The van der Waals surface area contributed by atoms with Crippen molar-refractivity contribution in [2.24, 2.45) is 11.8 Å². The molecule has 1 saturated heterocycles. The number of carbonyl (C=O) groups is 2. The van der Waals surface area contributed by atoms with Crippen LogP contribution in [-0.2, 0) is 19.6 Å². The van der Waals surface area contributed by atoms with Gasteiger partial charge in [0, 0.05) is 6.04 Å². The number of carboxylic acid groups (broad SMARTS) is 1. The first-order valence-corrected chi connectivity index (χ1v) is 7.78. The van der Waals surface area contributed by atoms with Gasteiger partial charge in [0.05, 0.1) is 18.2 Å². The van der Waals surface area contributed by atoms with Crippen molar-refractivity contribution in [2.75, 3.05) is 6.26 Å². The Morgan fingerprint density at radius 1 is 1.53 bits per heavy atom. The molecule has 1 amide bonds. The van der Waals surface area contributed by atoms with Crippen molar-refractivity contribution in [3.05, 3.63) is 11.8 Å². The Bertz CT molecular complexity index is 568. The first kappa shape index (κ1) is 14.0. The largest absolute Gasteiger partial charge is 0.477 e. The summed E-state index contributed by atoms with van der Waals surface area (Å²) >= 11 is 0. The monoisotopic (exact) mass is 288 g/mol. The minimum Gasteiger partial charge on any atom is -0.477 e. The van der Waals surface area contributed by atoms with E-state index in [0.717, 1.165) is 6.26 Å². The molecule has 2 rings (SSSR count). The first-order valence-electron chi connectivity index (χ1n) is 5.89. The highest BCUT2D eigenvalue weighted by molar-refractivity contribution is 7.88. The Morgan fingerprint density at radius 2 is 2.11 bits per heavy atom. The number of hydrogen-bond donors (Lipinski definition) is 2. The molecule has 0 radical (unpaired) electrons. The van der Waals surface area contributed by atoms with Crippen molar-refractivity contribution in [3.63, 3.8) is 0 Å². The Labute approximate surface area is 111 Å². The lowest BCUT2D eigenvalue weighted by molar-refractivity contribution is -0.157. The van der Waals surface area contributed by atoms with E-state index in [1.807, 2.05) is 6.92 Å². The van der Waals surface area contributed by atoms with Crippen LogP contribution in [0.25, 0.3) is 0 Å². The van der Waals surface area contributed by atoms with Gasteiger partial charge in [0.15, 0.2) is 0 Å². The number of carboxylic acids is 1. The minimum atomic E-state index is -3.40. The van der Waals surface area contributed by atoms with Crippen LogP contribution in [0.2, 0.25) is 0 Å². The van der Waals surface area contributed by atoms with Crippen LogP contribution >= 0.6 is 0 Å². The maximum atomic E-state index is 12.0. The molecule has 0 aromatic carbocycles. The molecule has 0 saturated carbocycles. The number of nitrogens with zero attached hydrogens (tertiary/aromatic N) is 1. The summed E-state index contributed by atoms with van der Waals surface area (Å²) < 4.78 is 24.8. The fraction of sp³-hybridized carbons (Fsp3) is 0.636. The average Bonchev–Trinajstić information content (AvgIpc) is 2.49. The topological polar surface area (TPSA) is 104 Å². The summed E-state index contributed by atoms with van der Waals surface area (Å²) in [6, 6.07) is -0.824. The fourth-order valence-corrected chi connectivity index (χ4v) is 3.72. The van der Waals surface area contributed by atoms with Gasteiger partial charge in [-0.3, -0.25) is 4.79 Å². The van der Waals surface area contributed by atoms with Gasteiger partial charge in [-0.25, -0.2) is 17.9 Å². The second-order valence-corrected chi connectivity index (χ2v) is 6.90. The molecule has 2 aliphatic heterocycles. The molecule has 0 spiro atoms. The average molecular weight is 288 g/mol. The molecule has 0 aromatic heterocycles. The maximum Gasteiger partial charge on any atom is 0.352 e. The van der Waals surface area contributed by atoms with E-state index in [1.54, 1.807) is 6.92 Å². The summed E-state index contributed by atoms with van der Waals surface area (Å²) in [6.45, 7) is 3.44.